The van der Waals surface area contributed by atoms with Gasteiger partial charge in [0.15, 0.2) is 0 Å². The molecular formula is C18H11Cl2F3N2O2. The molecule has 0 bridgehead atoms. The normalized spacial score (nSPS) is 15.0. The zero-order valence-corrected chi connectivity index (χ0v) is 15.2. The second kappa shape index (κ2) is 6.90. The Morgan fingerprint density at radius 1 is 1.00 bits per heavy atom. The van der Waals surface area contributed by atoms with Crippen LogP contribution in [0.5, 0.6) is 0 Å². The van der Waals surface area contributed by atoms with Crippen LogP contribution in [0.3, 0.4) is 0 Å². The maximum atomic E-state index is 12.9. The summed E-state index contributed by atoms with van der Waals surface area (Å²) in [4.78, 5) is 25.7. The van der Waals surface area contributed by atoms with Crippen molar-refractivity contribution in [2.75, 3.05) is 10.2 Å². The van der Waals surface area contributed by atoms with E-state index in [1.165, 1.54) is 6.07 Å². The highest BCUT2D eigenvalue weighted by atomic mass is 35.5. The molecule has 140 valence electrons. The van der Waals surface area contributed by atoms with Gasteiger partial charge in [0.1, 0.15) is 10.7 Å². The first kappa shape index (κ1) is 19.3. The molecule has 0 saturated heterocycles. The van der Waals surface area contributed by atoms with E-state index in [-0.39, 0.29) is 11.4 Å². The van der Waals surface area contributed by atoms with E-state index < -0.39 is 28.6 Å². The van der Waals surface area contributed by atoms with Crippen molar-refractivity contribution in [1.82, 2.24) is 0 Å². The minimum atomic E-state index is -4.61. The van der Waals surface area contributed by atoms with Gasteiger partial charge in [0.05, 0.1) is 11.3 Å². The second-order valence-corrected chi connectivity index (χ2v) is 6.51. The van der Waals surface area contributed by atoms with Crippen LogP contribution in [0, 0.1) is 6.92 Å². The maximum absolute atomic E-state index is 12.9. The molecular weight excluding hydrogens is 404 g/mol. The first-order valence-corrected chi connectivity index (χ1v) is 8.35. The third-order valence-corrected chi connectivity index (χ3v) is 4.75. The van der Waals surface area contributed by atoms with Gasteiger partial charge in [0.2, 0.25) is 0 Å². The maximum Gasteiger partial charge on any atom is 0.416 e. The van der Waals surface area contributed by atoms with Crippen molar-refractivity contribution in [3.05, 3.63) is 69.3 Å². The third kappa shape index (κ3) is 3.52. The van der Waals surface area contributed by atoms with Gasteiger partial charge in [0, 0.05) is 10.7 Å². The molecule has 3 rings (SSSR count). The fourth-order valence-electron chi connectivity index (χ4n) is 2.54. The van der Waals surface area contributed by atoms with Gasteiger partial charge < -0.3 is 5.32 Å². The second-order valence-electron chi connectivity index (χ2n) is 5.72. The smallest absolute Gasteiger partial charge is 0.349 e. The van der Waals surface area contributed by atoms with Gasteiger partial charge in [-0.25, -0.2) is 4.90 Å². The fraction of sp³-hybridized carbons (Fsp3) is 0.111. The Hall–Kier alpha value is -2.51. The number of alkyl halides is 3. The Kier molecular flexibility index (Phi) is 4.92. The summed E-state index contributed by atoms with van der Waals surface area (Å²) in [6, 6.07) is 8.81. The minimum absolute atomic E-state index is 0.224. The largest absolute Gasteiger partial charge is 0.416 e. The van der Waals surface area contributed by atoms with E-state index in [2.05, 4.69) is 5.32 Å². The summed E-state index contributed by atoms with van der Waals surface area (Å²) in [6.45, 7) is 1.70. The van der Waals surface area contributed by atoms with Gasteiger partial charge >= 0.3 is 6.18 Å². The number of nitrogens with one attached hydrogen (secondary N) is 1. The van der Waals surface area contributed by atoms with Crippen LogP contribution < -0.4 is 10.2 Å². The van der Waals surface area contributed by atoms with Crippen LogP contribution in [-0.2, 0) is 15.8 Å². The molecule has 0 fully saturated rings. The van der Waals surface area contributed by atoms with Crippen LogP contribution in [0.1, 0.15) is 11.1 Å². The van der Waals surface area contributed by atoms with Gasteiger partial charge in [-0.2, -0.15) is 13.2 Å². The Morgan fingerprint density at radius 3 is 2.33 bits per heavy atom. The molecule has 0 aromatic heterocycles. The topological polar surface area (TPSA) is 49.4 Å². The highest BCUT2D eigenvalue weighted by molar-refractivity contribution is 6.53. The lowest BCUT2D eigenvalue weighted by atomic mass is 10.2. The summed E-state index contributed by atoms with van der Waals surface area (Å²) >= 11 is 12.0. The van der Waals surface area contributed by atoms with Crippen LogP contribution in [0.15, 0.2) is 53.2 Å². The number of hydrogen-bond acceptors (Lipinski definition) is 3. The number of anilines is 2. The van der Waals surface area contributed by atoms with E-state index in [9.17, 15) is 22.8 Å². The van der Waals surface area contributed by atoms with Gasteiger partial charge in [-0.15, -0.1) is 0 Å². The lowest BCUT2D eigenvalue weighted by Gasteiger charge is -2.17. The average molecular weight is 415 g/mol. The van der Waals surface area contributed by atoms with Crippen LogP contribution in [-0.4, -0.2) is 11.8 Å². The molecule has 1 heterocycles. The SMILES string of the molecule is Cc1c(Cl)cccc1NC1=C(Cl)C(=O)N(c2cccc(C(F)(F)F)c2)C1=O. The molecule has 9 heteroatoms. The molecule has 0 atom stereocenters. The van der Waals surface area contributed by atoms with Gasteiger partial charge in [-0.3, -0.25) is 9.59 Å². The number of halogens is 5. The van der Waals surface area contributed by atoms with E-state index in [4.69, 9.17) is 23.2 Å². The molecule has 0 radical (unpaired) electrons. The Labute approximate surface area is 162 Å². The summed E-state index contributed by atoms with van der Waals surface area (Å²) in [5, 5.41) is 2.77. The number of nitrogens with zero attached hydrogens (tertiary/aromatic N) is 1. The Morgan fingerprint density at radius 2 is 1.67 bits per heavy atom. The van der Waals surface area contributed by atoms with Crippen molar-refractivity contribution in [2.45, 2.75) is 13.1 Å². The van der Waals surface area contributed by atoms with Gasteiger partial charge in [-0.1, -0.05) is 35.3 Å². The molecule has 27 heavy (non-hydrogen) atoms. The summed E-state index contributed by atoms with van der Waals surface area (Å²) < 4.78 is 38.8. The van der Waals surface area contributed by atoms with E-state index in [0.717, 1.165) is 12.1 Å². The first-order valence-electron chi connectivity index (χ1n) is 7.59. The molecule has 0 unspecified atom stereocenters. The highest BCUT2D eigenvalue weighted by Gasteiger charge is 2.40. The predicted molar refractivity (Wildman–Crippen MR) is 96.6 cm³/mol. The van der Waals surface area contributed by atoms with E-state index in [1.54, 1.807) is 25.1 Å². The molecule has 0 spiro atoms. The third-order valence-electron chi connectivity index (χ3n) is 3.99. The number of benzene rings is 2. The van der Waals surface area contributed by atoms with Gasteiger partial charge in [0.25, 0.3) is 11.8 Å². The fourth-order valence-corrected chi connectivity index (χ4v) is 2.93. The summed E-state index contributed by atoms with van der Waals surface area (Å²) in [5.41, 5.74) is -0.373. The molecule has 1 N–H and O–H groups in total. The lowest BCUT2D eigenvalue weighted by molar-refractivity contribution is -0.137. The molecule has 1 aliphatic rings. The number of amides is 2. The average Bonchev–Trinajstić information content (AvgIpc) is 2.81. The van der Waals surface area contributed by atoms with E-state index in [1.807, 2.05) is 0 Å². The van der Waals surface area contributed by atoms with E-state index >= 15 is 0 Å². The standard InChI is InChI=1S/C18H11Cl2F3N2O2/c1-9-12(19)6-3-7-13(9)24-15-14(20)16(26)25(17(15)27)11-5-2-4-10(8-11)18(21,22)23/h2-8,24H,1H3. The number of carbonyl (C=O) groups excluding carboxylic acids is 2. The molecule has 2 amide bonds. The quantitative estimate of drug-likeness (QED) is 0.710. The molecule has 2 aromatic carbocycles. The van der Waals surface area contributed by atoms with Crippen LogP contribution in [0.4, 0.5) is 24.5 Å². The van der Waals surface area contributed by atoms with E-state index in [0.29, 0.717) is 27.2 Å². The Balaban J connectivity index is 1.96. The number of imide groups is 1. The molecule has 0 aliphatic carbocycles. The monoisotopic (exact) mass is 414 g/mol. The number of rotatable bonds is 3. The Bertz CT molecular complexity index is 987. The van der Waals surface area contributed by atoms with Crippen molar-refractivity contribution >= 4 is 46.4 Å². The van der Waals surface area contributed by atoms with Crippen molar-refractivity contribution in [1.29, 1.82) is 0 Å². The van der Waals surface area contributed by atoms with Crippen molar-refractivity contribution in [2.24, 2.45) is 0 Å². The van der Waals surface area contributed by atoms with Crippen molar-refractivity contribution in [3.8, 4) is 0 Å². The summed E-state index contributed by atoms with van der Waals surface area (Å²) in [5.74, 6) is -1.77. The molecule has 4 nitrogen and oxygen atoms in total. The number of hydrogen-bond donors (Lipinski definition) is 1. The number of carbonyl (C=O) groups is 2. The zero-order valence-electron chi connectivity index (χ0n) is 13.7. The summed E-state index contributed by atoms with van der Waals surface area (Å²) in [7, 11) is 0. The molecule has 1 aliphatic heterocycles. The zero-order chi connectivity index (χ0) is 19.9. The van der Waals surface area contributed by atoms with Crippen LogP contribution in [0.25, 0.3) is 0 Å². The van der Waals surface area contributed by atoms with Gasteiger partial charge in [-0.05, 0) is 42.8 Å². The summed E-state index contributed by atoms with van der Waals surface area (Å²) in [6.07, 6.45) is -4.61. The van der Waals surface area contributed by atoms with Crippen LogP contribution >= 0.6 is 23.2 Å². The lowest BCUT2D eigenvalue weighted by Crippen LogP contribution is -2.32. The minimum Gasteiger partial charge on any atom is -0.349 e. The van der Waals surface area contributed by atoms with Crippen molar-refractivity contribution in [3.63, 3.8) is 0 Å². The van der Waals surface area contributed by atoms with Crippen LogP contribution in [0.2, 0.25) is 5.02 Å². The molecule has 2 aromatic rings. The first-order chi connectivity index (χ1) is 12.6. The highest BCUT2D eigenvalue weighted by Crippen LogP contribution is 2.35. The predicted octanol–water partition coefficient (Wildman–Crippen LogP) is 5.10. The van der Waals surface area contributed by atoms with Crippen molar-refractivity contribution < 1.29 is 22.8 Å². The molecule has 0 saturated carbocycles.